The molecule has 0 aromatic heterocycles. The van der Waals surface area contributed by atoms with Crippen LogP contribution in [0.15, 0.2) is 30.3 Å². The second-order valence-electron chi connectivity index (χ2n) is 2.88. The Morgan fingerprint density at radius 3 is 2.07 bits per heavy atom. The van der Waals surface area contributed by atoms with Gasteiger partial charge in [0.25, 0.3) is 0 Å². The monoisotopic (exact) mass is 218 g/mol. The van der Waals surface area contributed by atoms with Crippen molar-refractivity contribution < 1.29 is 24.6 Å². The molecule has 1 atom stereocenters. The van der Waals surface area contributed by atoms with Gasteiger partial charge in [0.1, 0.15) is 0 Å². The van der Waals surface area contributed by atoms with E-state index >= 15 is 0 Å². The Morgan fingerprint density at radius 1 is 1.21 bits per heavy atom. The van der Waals surface area contributed by atoms with Crippen LogP contribution in [-0.4, -0.2) is 26.6 Å². The Kier molecular flexibility index (Phi) is 3.09. The summed E-state index contributed by atoms with van der Waals surface area (Å²) in [5.74, 6) is 0. The molecular weight excluding hydrogens is 207 g/mol. The average molecular weight is 218 g/mol. The molecule has 14 heavy (non-hydrogen) atoms. The van der Waals surface area contributed by atoms with Gasteiger partial charge in [0, 0.05) is 0 Å². The van der Waals surface area contributed by atoms with Gasteiger partial charge < -0.3 is 20.0 Å². The molecule has 0 saturated heterocycles. The van der Waals surface area contributed by atoms with Gasteiger partial charge in [-0.25, -0.2) is 0 Å². The quantitative estimate of drug-likeness (QED) is 0.535. The lowest BCUT2D eigenvalue weighted by atomic mass is 10.1. The van der Waals surface area contributed by atoms with Crippen molar-refractivity contribution >= 4 is 7.60 Å². The summed E-state index contributed by atoms with van der Waals surface area (Å²) in [6.07, 6.45) is 0. The van der Waals surface area contributed by atoms with Crippen molar-refractivity contribution in [1.29, 1.82) is 0 Å². The lowest BCUT2D eigenvalue weighted by Gasteiger charge is -2.26. The molecular formula is C8H11O5P. The number of aliphatic hydroxyl groups excluding tert-OH is 1. The van der Waals surface area contributed by atoms with Crippen LogP contribution in [0.3, 0.4) is 0 Å². The first-order valence-corrected chi connectivity index (χ1v) is 5.47. The number of aliphatic hydroxyl groups is 2. The summed E-state index contributed by atoms with van der Waals surface area (Å²) in [4.78, 5) is 17.8. The lowest BCUT2D eigenvalue weighted by Crippen LogP contribution is -2.29. The van der Waals surface area contributed by atoms with Crippen LogP contribution in [0.25, 0.3) is 0 Å². The van der Waals surface area contributed by atoms with Crippen LogP contribution in [0.2, 0.25) is 0 Å². The molecule has 0 aliphatic rings. The molecule has 0 spiro atoms. The molecule has 0 unspecified atom stereocenters. The largest absolute Gasteiger partial charge is 0.392 e. The second-order valence-corrected chi connectivity index (χ2v) is 4.71. The maximum atomic E-state index is 11.0. The first-order chi connectivity index (χ1) is 6.42. The zero-order valence-electron chi connectivity index (χ0n) is 7.24. The Labute approximate surface area is 80.8 Å². The van der Waals surface area contributed by atoms with Crippen LogP contribution < -0.4 is 0 Å². The minimum absolute atomic E-state index is 0.00386. The van der Waals surface area contributed by atoms with E-state index in [1.807, 2.05) is 0 Å². The first-order valence-electron chi connectivity index (χ1n) is 3.86. The van der Waals surface area contributed by atoms with Gasteiger partial charge in [-0.05, 0) is 5.56 Å². The van der Waals surface area contributed by atoms with Gasteiger partial charge in [-0.3, -0.25) is 4.57 Å². The molecule has 4 N–H and O–H groups in total. The molecule has 0 amide bonds. The summed E-state index contributed by atoms with van der Waals surface area (Å²) in [6, 6.07) is 7.36. The highest BCUT2D eigenvalue weighted by molar-refractivity contribution is 7.52. The van der Waals surface area contributed by atoms with E-state index in [9.17, 15) is 9.67 Å². The van der Waals surface area contributed by atoms with Crippen LogP contribution in [0.5, 0.6) is 0 Å². The normalized spacial score (nSPS) is 16.3. The first kappa shape index (κ1) is 11.4. The fourth-order valence-corrected chi connectivity index (χ4v) is 1.73. The molecule has 1 aromatic rings. The fourth-order valence-electron chi connectivity index (χ4n) is 1.06. The molecule has 1 rings (SSSR count). The number of hydrogen-bond donors (Lipinski definition) is 4. The van der Waals surface area contributed by atoms with Gasteiger partial charge in [0.2, 0.25) is 5.34 Å². The zero-order valence-corrected chi connectivity index (χ0v) is 8.13. The summed E-state index contributed by atoms with van der Waals surface area (Å²) >= 11 is 0. The molecule has 1 aromatic carbocycles. The number of rotatable bonds is 3. The van der Waals surface area contributed by atoms with Crippen molar-refractivity contribution in [2.45, 2.75) is 5.34 Å². The van der Waals surface area contributed by atoms with E-state index in [0.29, 0.717) is 0 Å². The van der Waals surface area contributed by atoms with Crippen LogP contribution >= 0.6 is 7.60 Å². The van der Waals surface area contributed by atoms with Gasteiger partial charge >= 0.3 is 7.60 Å². The molecule has 0 fully saturated rings. The molecule has 0 heterocycles. The van der Waals surface area contributed by atoms with E-state index in [4.69, 9.17) is 14.9 Å². The highest BCUT2D eigenvalue weighted by atomic mass is 31.2. The highest BCUT2D eigenvalue weighted by Crippen LogP contribution is 2.54. The Bertz CT molecular complexity index is 346. The van der Waals surface area contributed by atoms with Crippen LogP contribution in [0.4, 0.5) is 0 Å². The highest BCUT2D eigenvalue weighted by Gasteiger charge is 2.46. The number of hydrogen-bond acceptors (Lipinski definition) is 3. The van der Waals surface area contributed by atoms with Gasteiger partial charge in [0.05, 0.1) is 6.61 Å². The third-order valence-corrected chi connectivity index (χ3v) is 3.30. The third kappa shape index (κ3) is 1.87. The van der Waals surface area contributed by atoms with E-state index in [0.717, 1.165) is 0 Å². The predicted molar refractivity (Wildman–Crippen MR) is 49.5 cm³/mol. The predicted octanol–water partition coefficient (Wildman–Crippen LogP) is 0.00170. The number of benzene rings is 1. The van der Waals surface area contributed by atoms with Gasteiger partial charge in [-0.1, -0.05) is 30.3 Å². The average Bonchev–Trinajstić information content (AvgIpc) is 2.16. The van der Waals surface area contributed by atoms with E-state index in [-0.39, 0.29) is 5.56 Å². The minimum Gasteiger partial charge on any atom is -0.392 e. The van der Waals surface area contributed by atoms with Gasteiger partial charge in [-0.15, -0.1) is 0 Å². The van der Waals surface area contributed by atoms with Crippen LogP contribution in [0.1, 0.15) is 5.56 Å². The topological polar surface area (TPSA) is 98.0 Å². The Hall–Kier alpha value is -0.710. The zero-order chi connectivity index (χ0) is 10.8. The summed E-state index contributed by atoms with van der Waals surface area (Å²) in [5, 5.41) is 15.9. The summed E-state index contributed by atoms with van der Waals surface area (Å²) in [6.45, 7) is -1.03. The summed E-state index contributed by atoms with van der Waals surface area (Å²) in [7, 11) is -4.80. The van der Waals surface area contributed by atoms with E-state index in [1.54, 1.807) is 6.07 Å². The van der Waals surface area contributed by atoms with E-state index < -0.39 is 19.5 Å². The molecule has 5 nitrogen and oxygen atoms in total. The lowest BCUT2D eigenvalue weighted by molar-refractivity contribution is 0.0301. The summed E-state index contributed by atoms with van der Waals surface area (Å²) in [5.41, 5.74) is -0.00386. The maximum absolute atomic E-state index is 11.0. The van der Waals surface area contributed by atoms with Crippen molar-refractivity contribution in [3.8, 4) is 0 Å². The third-order valence-electron chi connectivity index (χ3n) is 1.94. The van der Waals surface area contributed by atoms with Crippen molar-refractivity contribution in [3.63, 3.8) is 0 Å². The second kappa shape index (κ2) is 3.81. The molecule has 6 heteroatoms. The van der Waals surface area contributed by atoms with Gasteiger partial charge in [-0.2, -0.15) is 0 Å². The van der Waals surface area contributed by atoms with Crippen LogP contribution in [0, 0.1) is 0 Å². The Balaban J connectivity index is 3.23. The van der Waals surface area contributed by atoms with E-state index in [1.165, 1.54) is 24.3 Å². The maximum Gasteiger partial charge on any atom is 0.363 e. The smallest absolute Gasteiger partial charge is 0.363 e. The molecule has 0 aliphatic heterocycles. The molecule has 0 aliphatic carbocycles. The molecule has 78 valence electrons. The van der Waals surface area contributed by atoms with Crippen LogP contribution in [-0.2, 0) is 9.91 Å². The van der Waals surface area contributed by atoms with Crippen molar-refractivity contribution in [2.75, 3.05) is 6.61 Å². The standard InChI is InChI=1S/C8H11O5P/c9-6-8(10,14(11,12)13)7-4-2-1-3-5-7/h1-5,9-10H,6H2,(H2,11,12,13)/t8-/m0/s1. The summed E-state index contributed by atoms with van der Waals surface area (Å²) < 4.78 is 11.0. The van der Waals surface area contributed by atoms with Crippen molar-refractivity contribution in [2.24, 2.45) is 0 Å². The van der Waals surface area contributed by atoms with Gasteiger partial charge in [0.15, 0.2) is 0 Å². The van der Waals surface area contributed by atoms with E-state index in [2.05, 4.69) is 0 Å². The molecule has 0 radical (unpaired) electrons. The van der Waals surface area contributed by atoms with Crippen molar-refractivity contribution in [1.82, 2.24) is 0 Å². The minimum atomic E-state index is -4.80. The van der Waals surface area contributed by atoms with Crippen molar-refractivity contribution in [3.05, 3.63) is 35.9 Å². The molecule has 0 bridgehead atoms. The SMILES string of the molecule is O=P(O)(O)[C@@](O)(CO)c1ccccc1. The molecule has 0 saturated carbocycles. The Morgan fingerprint density at radius 2 is 1.71 bits per heavy atom. The fraction of sp³-hybridized carbons (Fsp3) is 0.250.